The van der Waals surface area contributed by atoms with Gasteiger partial charge in [-0.1, -0.05) is 71.6 Å². The highest BCUT2D eigenvalue weighted by Crippen LogP contribution is 2.10. The summed E-state index contributed by atoms with van der Waals surface area (Å²) >= 11 is 0. The summed E-state index contributed by atoms with van der Waals surface area (Å²) in [5.41, 5.74) is 0.702. The Morgan fingerprint density at radius 3 is 2.18 bits per heavy atom. The molecule has 128 valence electrons. The van der Waals surface area contributed by atoms with Gasteiger partial charge in [-0.3, -0.25) is 9.59 Å². The molecule has 0 radical (unpaired) electrons. The second-order valence-corrected chi connectivity index (χ2v) is 3.80. The molecule has 0 heterocycles. The van der Waals surface area contributed by atoms with Gasteiger partial charge in [-0.2, -0.15) is 0 Å². The number of esters is 1. The maximum Gasteiger partial charge on any atom is 0.306 e. The van der Waals surface area contributed by atoms with E-state index in [1.165, 1.54) is 7.05 Å². The normalized spacial score (nSPS) is 10.3. The van der Waals surface area contributed by atoms with Crippen molar-refractivity contribution < 1.29 is 14.3 Å². The van der Waals surface area contributed by atoms with Crippen molar-refractivity contribution in [2.24, 2.45) is 0 Å². The van der Waals surface area contributed by atoms with E-state index in [0.717, 1.165) is 0 Å². The van der Waals surface area contributed by atoms with Crippen molar-refractivity contribution in [3.05, 3.63) is 37.0 Å². The van der Waals surface area contributed by atoms with Crippen LogP contribution >= 0.6 is 0 Å². The van der Waals surface area contributed by atoms with E-state index in [9.17, 15) is 9.59 Å². The van der Waals surface area contributed by atoms with Crippen LogP contribution in [0.25, 0.3) is 0 Å². The van der Waals surface area contributed by atoms with Crippen LogP contribution in [0, 0.1) is 0 Å². The molecule has 0 saturated heterocycles. The largest absolute Gasteiger partial charge is 0.452 e. The Balaban J connectivity index is -0.000000826. The first-order chi connectivity index (χ1) is 10.5. The number of hydrogen-bond donors (Lipinski definition) is 1. The van der Waals surface area contributed by atoms with Gasteiger partial charge in [0, 0.05) is 19.9 Å². The molecule has 1 unspecified atom stereocenters. The third-order valence-electron chi connectivity index (χ3n) is 2.18. The third-order valence-corrected chi connectivity index (χ3v) is 2.18. The molecule has 0 bridgehead atoms. The summed E-state index contributed by atoms with van der Waals surface area (Å²) in [6.45, 7) is 17.2. The highest BCUT2D eigenvalue weighted by molar-refractivity contribution is 5.83. The fourth-order valence-electron chi connectivity index (χ4n) is 1.28. The lowest BCUT2D eigenvalue weighted by atomic mass is 10.1. The fourth-order valence-corrected chi connectivity index (χ4v) is 1.28. The monoisotopic (exact) mass is 311 g/mol. The van der Waals surface area contributed by atoms with Crippen LogP contribution in [-0.2, 0) is 14.3 Å². The zero-order valence-electron chi connectivity index (χ0n) is 15.1. The summed E-state index contributed by atoms with van der Waals surface area (Å²) in [6.07, 6.45) is 5.52. The smallest absolute Gasteiger partial charge is 0.306 e. The molecule has 22 heavy (non-hydrogen) atoms. The summed E-state index contributed by atoms with van der Waals surface area (Å²) in [4.78, 5) is 23.0. The zero-order valence-corrected chi connectivity index (χ0v) is 15.1. The predicted octanol–water partition coefficient (Wildman–Crippen LogP) is 4.19. The average Bonchev–Trinajstić information content (AvgIpc) is 2.55. The lowest BCUT2D eigenvalue weighted by Gasteiger charge is -2.16. The summed E-state index contributed by atoms with van der Waals surface area (Å²) in [6, 6.07) is 0. The lowest BCUT2D eigenvalue weighted by Crippen LogP contribution is -2.35. The molecule has 0 rings (SSSR count). The van der Waals surface area contributed by atoms with Crippen molar-refractivity contribution in [2.75, 3.05) is 7.05 Å². The zero-order chi connectivity index (χ0) is 18.0. The van der Waals surface area contributed by atoms with Gasteiger partial charge in [0.25, 0.3) is 5.91 Å². The van der Waals surface area contributed by atoms with Crippen LogP contribution in [0.3, 0.4) is 0 Å². The van der Waals surface area contributed by atoms with E-state index < -0.39 is 6.10 Å². The van der Waals surface area contributed by atoms with Crippen LogP contribution in [0.2, 0.25) is 0 Å². The summed E-state index contributed by atoms with van der Waals surface area (Å²) < 4.78 is 5.12. The molecular formula is C18H33NO3. The molecule has 1 amide bonds. The number of allylic oxidation sites excluding steroid dienone is 3. The van der Waals surface area contributed by atoms with Gasteiger partial charge in [0.05, 0.1) is 0 Å². The first kappa shape index (κ1) is 25.1. The number of carbonyl (C=O) groups is 2. The molecule has 0 aromatic heterocycles. The van der Waals surface area contributed by atoms with Gasteiger partial charge < -0.3 is 10.1 Å². The summed E-state index contributed by atoms with van der Waals surface area (Å²) in [5, 5.41) is 2.47. The second kappa shape index (κ2) is 19.2. The first-order valence-electron chi connectivity index (χ1n) is 7.93. The minimum Gasteiger partial charge on any atom is -0.452 e. The van der Waals surface area contributed by atoms with Gasteiger partial charge in [0.1, 0.15) is 0 Å². The van der Waals surface area contributed by atoms with Gasteiger partial charge in [-0.25, -0.2) is 0 Å². The van der Waals surface area contributed by atoms with E-state index in [1.807, 2.05) is 34.6 Å². The standard InChI is InChI=1S/C14H21NO3.2C2H6/c1-5-7-9-11(3)10-12(14(17)15-4)18-13(16)8-6-2;2*1-2/h5,7,9,12H,1,3,6,8,10H2,2,4H3,(H,15,17);2*1-2H3/b9-7-;;. The van der Waals surface area contributed by atoms with Crippen LogP contribution in [-0.4, -0.2) is 25.0 Å². The van der Waals surface area contributed by atoms with Crippen molar-refractivity contribution >= 4 is 11.9 Å². The molecular weight excluding hydrogens is 278 g/mol. The third kappa shape index (κ3) is 14.6. The van der Waals surface area contributed by atoms with E-state index >= 15 is 0 Å². The summed E-state index contributed by atoms with van der Waals surface area (Å²) in [5.74, 6) is -0.695. The van der Waals surface area contributed by atoms with Gasteiger partial charge >= 0.3 is 5.97 Å². The molecule has 4 nitrogen and oxygen atoms in total. The SMILES string of the molecule is C=C/C=C\C(=C)CC(OC(=O)CCC)C(=O)NC.CC.CC. The molecule has 0 aliphatic heterocycles. The molecule has 0 fully saturated rings. The number of amides is 1. The Kier molecular flexibility index (Phi) is 21.9. The van der Waals surface area contributed by atoms with Crippen LogP contribution in [0.15, 0.2) is 37.0 Å². The minimum absolute atomic E-state index is 0.277. The van der Waals surface area contributed by atoms with E-state index in [1.54, 1.807) is 18.2 Å². The Morgan fingerprint density at radius 2 is 1.77 bits per heavy atom. The molecule has 0 aliphatic rings. The van der Waals surface area contributed by atoms with E-state index in [4.69, 9.17) is 4.74 Å². The number of nitrogens with one attached hydrogen (secondary N) is 1. The Morgan fingerprint density at radius 1 is 1.23 bits per heavy atom. The van der Waals surface area contributed by atoms with E-state index in [-0.39, 0.29) is 18.3 Å². The second-order valence-electron chi connectivity index (χ2n) is 3.80. The van der Waals surface area contributed by atoms with Crippen molar-refractivity contribution in [1.82, 2.24) is 5.32 Å². The van der Waals surface area contributed by atoms with Gasteiger partial charge in [0.2, 0.25) is 0 Å². The van der Waals surface area contributed by atoms with Crippen LogP contribution in [0.1, 0.15) is 53.9 Å². The minimum atomic E-state index is -0.823. The highest BCUT2D eigenvalue weighted by Gasteiger charge is 2.21. The first-order valence-corrected chi connectivity index (χ1v) is 7.93. The topological polar surface area (TPSA) is 55.4 Å². The quantitative estimate of drug-likeness (QED) is 0.540. The number of ether oxygens (including phenoxy) is 1. The summed E-state index contributed by atoms with van der Waals surface area (Å²) in [7, 11) is 1.51. The molecule has 0 aromatic rings. The lowest BCUT2D eigenvalue weighted by molar-refractivity contribution is -0.155. The molecule has 1 atom stereocenters. The number of hydrogen-bond acceptors (Lipinski definition) is 3. The maximum absolute atomic E-state index is 11.6. The van der Waals surface area contributed by atoms with Crippen molar-refractivity contribution in [2.45, 2.75) is 60.0 Å². The van der Waals surface area contributed by atoms with Crippen molar-refractivity contribution in [1.29, 1.82) is 0 Å². The number of rotatable bonds is 8. The van der Waals surface area contributed by atoms with E-state index in [0.29, 0.717) is 18.4 Å². The molecule has 1 N–H and O–H groups in total. The van der Waals surface area contributed by atoms with Crippen molar-refractivity contribution in [3.8, 4) is 0 Å². The Bertz CT molecular complexity index is 346. The molecule has 0 saturated carbocycles. The Labute approximate surface area is 136 Å². The molecule has 0 aliphatic carbocycles. The van der Waals surface area contributed by atoms with Gasteiger partial charge in [-0.15, -0.1) is 0 Å². The van der Waals surface area contributed by atoms with Gasteiger partial charge in [-0.05, 0) is 6.42 Å². The highest BCUT2D eigenvalue weighted by atomic mass is 16.5. The molecule has 0 spiro atoms. The predicted molar refractivity (Wildman–Crippen MR) is 94.6 cm³/mol. The average molecular weight is 311 g/mol. The Hall–Kier alpha value is -1.84. The fraction of sp³-hybridized carbons (Fsp3) is 0.556. The van der Waals surface area contributed by atoms with Crippen LogP contribution in [0.5, 0.6) is 0 Å². The molecule has 4 heteroatoms. The van der Waals surface area contributed by atoms with Crippen LogP contribution in [0.4, 0.5) is 0 Å². The molecule has 0 aromatic carbocycles. The van der Waals surface area contributed by atoms with E-state index in [2.05, 4.69) is 18.5 Å². The number of carbonyl (C=O) groups excluding carboxylic acids is 2. The van der Waals surface area contributed by atoms with Gasteiger partial charge in [0.15, 0.2) is 6.10 Å². The van der Waals surface area contributed by atoms with Crippen molar-refractivity contribution in [3.63, 3.8) is 0 Å². The number of likely N-dealkylation sites (N-methyl/N-ethyl adjacent to an activating group) is 1. The maximum atomic E-state index is 11.6. The van der Waals surface area contributed by atoms with Crippen LogP contribution < -0.4 is 5.32 Å².